The molecular formula is C28H28F3N3O7S. The number of esters is 2. The van der Waals surface area contributed by atoms with E-state index < -0.39 is 35.4 Å². The molecule has 0 bridgehead atoms. The number of nitrogens with one attached hydrogen (secondary N) is 2. The van der Waals surface area contributed by atoms with Crippen LogP contribution in [-0.4, -0.2) is 51.9 Å². The van der Waals surface area contributed by atoms with Gasteiger partial charge in [0, 0.05) is 17.5 Å². The first kappa shape index (κ1) is 30.5. The van der Waals surface area contributed by atoms with E-state index in [2.05, 4.69) is 15.4 Å². The molecule has 224 valence electrons. The van der Waals surface area contributed by atoms with Crippen LogP contribution < -0.4 is 25.0 Å². The van der Waals surface area contributed by atoms with Gasteiger partial charge in [0.25, 0.3) is 0 Å². The number of carbonyl (C=O) groups excluding carboxylic acids is 3. The van der Waals surface area contributed by atoms with Gasteiger partial charge >= 0.3 is 18.0 Å². The van der Waals surface area contributed by atoms with Crippen LogP contribution in [0, 0.1) is 17.5 Å². The van der Waals surface area contributed by atoms with E-state index in [1.54, 1.807) is 11.8 Å². The van der Waals surface area contributed by atoms with E-state index in [4.69, 9.17) is 14.2 Å². The number of urea groups is 1. The summed E-state index contributed by atoms with van der Waals surface area (Å²) in [7, 11) is 3.58. The molecule has 0 spiro atoms. The maximum absolute atomic E-state index is 15.1. The quantitative estimate of drug-likeness (QED) is 0.257. The minimum atomic E-state index is -1.06. The molecule has 10 nitrogen and oxygen atoms in total. The van der Waals surface area contributed by atoms with Crippen LogP contribution >= 0.6 is 11.3 Å². The third kappa shape index (κ3) is 6.38. The lowest BCUT2D eigenvalue weighted by Crippen LogP contribution is -2.27. The molecule has 2 aromatic carbocycles. The smallest absolute Gasteiger partial charge is 0.349 e. The Bertz CT molecular complexity index is 1510. The highest BCUT2D eigenvalue weighted by molar-refractivity contribution is 7.13. The summed E-state index contributed by atoms with van der Waals surface area (Å²) >= 11 is 0.850. The first-order valence-electron chi connectivity index (χ1n) is 12.7. The Morgan fingerprint density at radius 2 is 1.64 bits per heavy atom. The molecule has 0 aliphatic heterocycles. The standard InChI is InChI=1S/C28H28F3N3O7S/c1-5-41-21-9-8-16(29)24(31)15(21)12-34(14-6-7-14)20-11-18(17(30)10-22(20)38-2)32-28(37)33-19-13-42-25(27(36)40-4)23(19)26(35)39-3/h8-11,13-14H,5-7,12H2,1-4H3,(H2,32,33,37). The van der Waals surface area contributed by atoms with E-state index in [0.29, 0.717) is 5.69 Å². The number of amides is 2. The van der Waals surface area contributed by atoms with E-state index >= 15 is 4.39 Å². The van der Waals surface area contributed by atoms with Crippen LogP contribution in [0.5, 0.6) is 11.5 Å². The molecule has 1 heterocycles. The van der Waals surface area contributed by atoms with Crippen molar-refractivity contribution in [2.24, 2.45) is 0 Å². The summed E-state index contributed by atoms with van der Waals surface area (Å²) in [6.07, 6.45) is 1.48. The molecule has 1 fully saturated rings. The highest BCUT2D eigenvalue weighted by Crippen LogP contribution is 2.42. The van der Waals surface area contributed by atoms with Gasteiger partial charge in [-0.15, -0.1) is 11.3 Å². The molecule has 0 saturated heterocycles. The average molecular weight is 608 g/mol. The van der Waals surface area contributed by atoms with Crippen molar-refractivity contribution in [1.82, 2.24) is 0 Å². The van der Waals surface area contributed by atoms with E-state index in [-0.39, 0.29) is 58.1 Å². The van der Waals surface area contributed by atoms with Gasteiger partial charge in [-0.05, 0) is 38.0 Å². The number of rotatable bonds is 11. The van der Waals surface area contributed by atoms with Gasteiger partial charge in [0.05, 0.1) is 57.1 Å². The van der Waals surface area contributed by atoms with Crippen molar-refractivity contribution < 1.29 is 46.5 Å². The molecule has 1 saturated carbocycles. The lowest BCUT2D eigenvalue weighted by atomic mass is 10.1. The number of benzene rings is 2. The van der Waals surface area contributed by atoms with Crippen LogP contribution in [0.3, 0.4) is 0 Å². The Morgan fingerprint density at radius 3 is 2.26 bits per heavy atom. The first-order chi connectivity index (χ1) is 20.1. The summed E-state index contributed by atoms with van der Waals surface area (Å²) in [6.45, 7) is 1.83. The minimum absolute atomic E-state index is 0.0170. The normalized spacial score (nSPS) is 12.4. The van der Waals surface area contributed by atoms with Crippen molar-refractivity contribution in [3.8, 4) is 11.5 Å². The maximum Gasteiger partial charge on any atom is 0.349 e. The van der Waals surface area contributed by atoms with Gasteiger partial charge in [0.1, 0.15) is 21.9 Å². The Labute approximate surface area is 243 Å². The monoisotopic (exact) mass is 607 g/mol. The van der Waals surface area contributed by atoms with Crippen molar-refractivity contribution in [3.05, 3.63) is 63.1 Å². The Balaban J connectivity index is 1.66. The second-order valence-corrected chi connectivity index (χ2v) is 9.93. The zero-order chi connectivity index (χ0) is 30.6. The van der Waals surface area contributed by atoms with E-state index in [1.165, 1.54) is 24.6 Å². The van der Waals surface area contributed by atoms with Gasteiger partial charge in [0.15, 0.2) is 17.5 Å². The zero-order valence-electron chi connectivity index (χ0n) is 23.1. The van der Waals surface area contributed by atoms with Crippen molar-refractivity contribution in [2.45, 2.75) is 32.4 Å². The summed E-state index contributed by atoms with van der Waals surface area (Å²) < 4.78 is 64.6. The number of methoxy groups -OCH3 is 3. The number of nitrogens with zero attached hydrogens (tertiary/aromatic N) is 1. The minimum Gasteiger partial charge on any atom is -0.494 e. The van der Waals surface area contributed by atoms with E-state index in [1.807, 2.05) is 0 Å². The third-order valence-electron chi connectivity index (χ3n) is 6.39. The van der Waals surface area contributed by atoms with Gasteiger partial charge in [-0.2, -0.15) is 0 Å². The van der Waals surface area contributed by atoms with Gasteiger partial charge in [0.2, 0.25) is 0 Å². The lowest BCUT2D eigenvalue weighted by Gasteiger charge is -2.28. The molecule has 1 aliphatic rings. The number of anilines is 3. The Kier molecular flexibility index (Phi) is 9.45. The molecular weight excluding hydrogens is 579 g/mol. The predicted octanol–water partition coefficient (Wildman–Crippen LogP) is 5.96. The first-order valence-corrected chi connectivity index (χ1v) is 13.6. The van der Waals surface area contributed by atoms with Gasteiger partial charge in [-0.3, -0.25) is 0 Å². The van der Waals surface area contributed by atoms with Crippen LogP contribution in [0.4, 0.5) is 35.0 Å². The molecule has 2 amide bonds. The second-order valence-electron chi connectivity index (χ2n) is 9.05. The molecule has 0 unspecified atom stereocenters. The number of carbonyl (C=O) groups is 3. The average Bonchev–Trinajstić information content (AvgIpc) is 3.74. The van der Waals surface area contributed by atoms with Crippen molar-refractivity contribution >= 4 is 46.4 Å². The van der Waals surface area contributed by atoms with Crippen molar-refractivity contribution in [1.29, 1.82) is 0 Å². The molecule has 14 heteroatoms. The zero-order valence-corrected chi connectivity index (χ0v) is 24.0. The fourth-order valence-electron chi connectivity index (χ4n) is 4.28. The topological polar surface area (TPSA) is 115 Å². The third-order valence-corrected chi connectivity index (χ3v) is 7.35. The lowest BCUT2D eigenvalue weighted by molar-refractivity contribution is 0.0561. The van der Waals surface area contributed by atoms with Crippen LogP contribution in [0.2, 0.25) is 0 Å². The summed E-state index contributed by atoms with van der Waals surface area (Å²) in [5, 5.41) is 6.15. The summed E-state index contributed by atoms with van der Waals surface area (Å²) in [5.41, 5.74) is -0.231. The van der Waals surface area contributed by atoms with E-state index in [0.717, 1.165) is 50.5 Å². The maximum atomic E-state index is 15.1. The van der Waals surface area contributed by atoms with Crippen LogP contribution in [0.25, 0.3) is 0 Å². The van der Waals surface area contributed by atoms with Crippen LogP contribution in [0.15, 0.2) is 29.6 Å². The van der Waals surface area contributed by atoms with Gasteiger partial charge < -0.3 is 34.5 Å². The Hall–Kier alpha value is -4.46. The number of ether oxygens (including phenoxy) is 4. The number of hydrogen-bond acceptors (Lipinski definition) is 9. The van der Waals surface area contributed by atoms with Gasteiger partial charge in [-0.25, -0.2) is 27.6 Å². The van der Waals surface area contributed by atoms with Crippen molar-refractivity contribution in [2.75, 3.05) is 43.5 Å². The molecule has 4 rings (SSSR count). The molecule has 0 atom stereocenters. The summed E-state index contributed by atoms with van der Waals surface area (Å²) in [6, 6.07) is 3.69. The molecule has 42 heavy (non-hydrogen) atoms. The van der Waals surface area contributed by atoms with Crippen LogP contribution in [0.1, 0.15) is 45.4 Å². The molecule has 1 aromatic heterocycles. The molecule has 2 N–H and O–H groups in total. The van der Waals surface area contributed by atoms with E-state index in [9.17, 15) is 23.2 Å². The fourth-order valence-corrected chi connectivity index (χ4v) is 5.18. The number of hydrogen-bond donors (Lipinski definition) is 2. The fraction of sp³-hybridized carbons (Fsp3) is 0.321. The highest BCUT2D eigenvalue weighted by Gasteiger charge is 2.34. The van der Waals surface area contributed by atoms with Crippen molar-refractivity contribution in [3.63, 3.8) is 0 Å². The predicted molar refractivity (Wildman–Crippen MR) is 149 cm³/mol. The second kappa shape index (κ2) is 13.0. The summed E-state index contributed by atoms with van der Waals surface area (Å²) in [5.74, 6) is -4.36. The molecule has 0 radical (unpaired) electrons. The number of halogens is 3. The molecule has 1 aliphatic carbocycles. The summed E-state index contributed by atoms with van der Waals surface area (Å²) in [4.78, 5) is 38.9. The molecule has 3 aromatic rings. The van der Waals surface area contributed by atoms with Crippen LogP contribution in [-0.2, 0) is 16.0 Å². The highest BCUT2D eigenvalue weighted by atomic mass is 32.1. The Morgan fingerprint density at radius 1 is 0.952 bits per heavy atom. The largest absolute Gasteiger partial charge is 0.494 e. The van der Waals surface area contributed by atoms with Gasteiger partial charge in [-0.1, -0.05) is 0 Å². The SMILES string of the molecule is CCOc1ccc(F)c(F)c1CN(c1cc(NC(=O)Nc2csc(C(=O)OC)c2C(=O)OC)c(F)cc1OC)C1CC1. The number of thiophene rings is 1.